The van der Waals surface area contributed by atoms with Gasteiger partial charge in [-0.1, -0.05) is 19.8 Å². The summed E-state index contributed by atoms with van der Waals surface area (Å²) in [6.07, 6.45) is 3.85. The highest BCUT2D eigenvalue weighted by Crippen LogP contribution is 2.33. The number of benzene rings is 1. The maximum absolute atomic E-state index is 13.1. The van der Waals surface area contributed by atoms with Crippen LogP contribution in [0.4, 0.5) is 5.00 Å². The summed E-state index contributed by atoms with van der Waals surface area (Å²) in [4.78, 5) is 13.7. The second-order valence-corrected chi connectivity index (χ2v) is 10.8. The number of hydrogen-bond acceptors (Lipinski definition) is 6. The van der Waals surface area contributed by atoms with Crippen molar-refractivity contribution in [2.24, 2.45) is 5.92 Å². The van der Waals surface area contributed by atoms with Crippen molar-refractivity contribution in [3.63, 3.8) is 0 Å². The molecule has 0 spiro atoms. The van der Waals surface area contributed by atoms with E-state index in [4.69, 9.17) is 4.74 Å². The molecule has 2 N–H and O–H groups in total. The third-order valence-electron chi connectivity index (χ3n) is 5.86. The van der Waals surface area contributed by atoms with E-state index in [1.165, 1.54) is 36.6 Å². The second-order valence-electron chi connectivity index (χ2n) is 7.91. The van der Waals surface area contributed by atoms with Gasteiger partial charge in [0.15, 0.2) is 0 Å². The third kappa shape index (κ3) is 4.92. The number of aryl methyl sites for hydroxylation is 1. The molecule has 1 saturated carbocycles. The number of carbonyl (C=O) groups is 1. The Labute approximate surface area is 187 Å². The highest BCUT2D eigenvalue weighted by molar-refractivity contribution is 7.89. The molecule has 1 heterocycles. The fourth-order valence-corrected chi connectivity index (χ4v) is 6.39. The van der Waals surface area contributed by atoms with Crippen LogP contribution in [0.15, 0.2) is 23.1 Å². The average molecular weight is 462 g/mol. The predicted molar refractivity (Wildman–Crippen MR) is 121 cm³/mol. The van der Waals surface area contributed by atoms with Crippen LogP contribution in [0.25, 0.3) is 0 Å². The van der Waals surface area contributed by atoms with Gasteiger partial charge in [-0.15, -0.1) is 11.3 Å². The SMILES string of the molecule is COc1ccc(C(=O)Nc2sc(C)c(C)c2C#N)cc1S(=O)(=O)N[C@H]1CCCC[C@H]1C. The minimum Gasteiger partial charge on any atom is -0.495 e. The van der Waals surface area contributed by atoms with Gasteiger partial charge in [0.05, 0.1) is 12.7 Å². The lowest BCUT2D eigenvalue weighted by Crippen LogP contribution is -2.41. The first-order valence-corrected chi connectivity index (χ1v) is 12.5. The summed E-state index contributed by atoms with van der Waals surface area (Å²) in [6.45, 7) is 5.76. The maximum atomic E-state index is 13.1. The molecule has 1 aromatic carbocycles. The van der Waals surface area contributed by atoms with E-state index in [1.807, 2.05) is 20.8 Å². The first-order valence-electron chi connectivity index (χ1n) is 10.2. The van der Waals surface area contributed by atoms with Gasteiger partial charge in [0.1, 0.15) is 21.7 Å². The molecule has 0 saturated heterocycles. The van der Waals surface area contributed by atoms with Crippen molar-refractivity contribution in [2.75, 3.05) is 12.4 Å². The molecule has 9 heteroatoms. The molecule has 1 aromatic heterocycles. The summed E-state index contributed by atoms with van der Waals surface area (Å²) in [5, 5.41) is 12.6. The predicted octanol–water partition coefficient (Wildman–Crippen LogP) is 4.35. The molecule has 0 aliphatic heterocycles. The smallest absolute Gasteiger partial charge is 0.256 e. The molecule has 0 radical (unpaired) electrons. The molecule has 1 fully saturated rings. The van der Waals surface area contributed by atoms with E-state index < -0.39 is 15.9 Å². The number of rotatable bonds is 6. The maximum Gasteiger partial charge on any atom is 0.256 e. The Morgan fingerprint density at radius 3 is 2.61 bits per heavy atom. The van der Waals surface area contributed by atoms with Gasteiger partial charge in [0, 0.05) is 16.5 Å². The van der Waals surface area contributed by atoms with Crippen molar-refractivity contribution in [2.45, 2.75) is 57.4 Å². The number of methoxy groups -OCH3 is 1. The highest BCUT2D eigenvalue weighted by atomic mass is 32.2. The molecule has 0 unspecified atom stereocenters. The molecule has 2 atom stereocenters. The van der Waals surface area contributed by atoms with Gasteiger partial charge >= 0.3 is 0 Å². The van der Waals surface area contributed by atoms with Crippen LogP contribution in [0.5, 0.6) is 5.75 Å². The van der Waals surface area contributed by atoms with Crippen molar-refractivity contribution < 1.29 is 17.9 Å². The first kappa shape index (κ1) is 23.3. The Kier molecular flexibility index (Phi) is 7.04. The number of carbonyl (C=O) groups excluding carboxylic acids is 1. The van der Waals surface area contributed by atoms with Gasteiger partial charge < -0.3 is 10.1 Å². The first-order chi connectivity index (χ1) is 14.7. The zero-order chi connectivity index (χ0) is 22.8. The van der Waals surface area contributed by atoms with Gasteiger partial charge in [-0.2, -0.15) is 5.26 Å². The van der Waals surface area contributed by atoms with Gasteiger partial charge in [0.25, 0.3) is 5.91 Å². The highest BCUT2D eigenvalue weighted by Gasteiger charge is 2.29. The number of ether oxygens (including phenoxy) is 1. The Hall–Kier alpha value is -2.41. The van der Waals surface area contributed by atoms with Crippen LogP contribution in [0, 0.1) is 31.1 Å². The van der Waals surface area contributed by atoms with Crippen LogP contribution < -0.4 is 14.8 Å². The lowest BCUT2D eigenvalue weighted by Gasteiger charge is -2.29. The van der Waals surface area contributed by atoms with E-state index in [0.29, 0.717) is 10.6 Å². The molecule has 3 rings (SSSR count). The van der Waals surface area contributed by atoms with Crippen LogP contribution >= 0.6 is 11.3 Å². The molecule has 1 aliphatic carbocycles. The number of nitriles is 1. The number of nitrogens with zero attached hydrogens (tertiary/aromatic N) is 1. The van der Waals surface area contributed by atoms with Crippen molar-refractivity contribution in [3.8, 4) is 11.8 Å². The molecule has 7 nitrogen and oxygen atoms in total. The molecular formula is C22H27N3O4S2. The zero-order valence-corrected chi connectivity index (χ0v) is 19.7. The Balaban J connectivity index is 1.90. The lowest BCUT2D eigenvalue weighted by molar-refractivity contribution is 0.102. The van der Waals surface area contributed by atoms with E-state index in [0.717, 1.165) is 36.1 Å². The van der Waals surface area contributed by atoms with E-state index in [9.17, 15) is 18.5 Å². The number of sulfonamides is 1. The molecule has 2 aromatic rings. The molecular weight excluding hydrogens is 434 g/mol. The molecule has 31 heavy (non-hydrogen) atoms. The van der Waals surface area contributed by atoms with Crippen LogP contribution in [0.1, 0.15) is 59.0 Å². The van der Waals surface area contributed by atoms with E-state index in [-0.39, 0.29) is 28.2 Å². The average Bonchev–Trinajstić information content (AvgIpc) is 3.01. The molecule has 0 bridgehead atoms. The van der Waals surface area contributed by atoms with Crippen molar-refractivity contribution in [1.82, 2.24) is 4.72 Å². The Bertz CT molecular complexity index is 1130. The van der Waals surface area contributed by atoms with Crippen LogP contribution in [-0.4, -0.2) is 27.5 Å². The molecule has 1 amide bonds. The quantitative estimate of drug-likeness (QED) is 0.665. The molecule has 1 aliphatic rings. The number of amides is 1. The standard InChI is InChI=1S/C22H27N3O4S2/c1-13-7-5-6-8-18(13)25-31(27,28)20-11-16(9-10-19(20)29-4)21(26)24-22-17(12-23)14(2)15(3)30-22/h9-11,13,18,25H,5-8H2,1-4H3,(H,24,26)/t13-,18+/m1/s1. The molecule has 166 valence electrons. The summed E-state index contributed by atoms with van der Waals surface area (Å²) < 4.78 is 34.4. The second kappa shape index (κ2) is 9.39. The van der Waals surface area contributed by atoms with Gasteiger partial charge in [0.2, 0.25) is 10.0 Å². The fourth-order valence-electron chi connectivity index (χ4n) is 3.81. The zero-order valence-electron chi connectivity index (χ0n) is 18.1. The van der Waals surface area contributed by atoms with E-state index in [1.54, 1.807) is 0 Å². The number of hydrogen-bond donors (Lipinski definition) is 2. The van der Waals surface area contributed by atoms with E-state index >= 15 is 0 Å². The normalized spacial score (nSPS) is 18.9. The summed E-state index contributed by atoms with van der Waals surface area (Å²) in [5.74, 6) is -0.0633. The largest absolute Gasteiger partial charge is 0.495 e. The number of thiophene rings is 1. The van der Waals surface area contributed by atoms with Gasteiger partial charge in [-0.05, 0) is 56.4 Å². The van der Waals surface area contributed by atoms with E-state index in [2.05, 4.69) is 16.1 Å². The number of nitrogens with one attached hydrogen (secondary N) is 2. The van der Waals surface area contributed by atoms with Crippen molar-refractivity contribution in [1.29, 1.82) is 5.26 Å². The lowest BCUT2D eigenvalue weighted by atomic mass is 9.87. The summed E-state index contributed by atoms with van der Waals surface area (Å²) in [6, 6.07) is 6.28. The van der Waals surface area contributed by atoms with Crippen LogP contribution in [0.3, 0.4) is 0 Å². The van der Waals surface area contributed by atoms with Crippen molar-refractivity contribution >= 4 is 32.3 Å². The summed E-state index contributed by atoms with van der Waals surface area (Å²) in [7, 11) is -2.49. The third-order valence-corrected chi connectivity index (χ3v) is 8.49. The van der Waals surface area contributed by atoms with Crippen LogP contribution in [-0.2, 0) is 10.0 Å². The fraction of sp³-hybridized carbons (Fsp3) is 0.455. The Morgan fingerprint density at radius 2 is 1.97 bits per heavy atom. The summed E-state index contributed by atoms with van der Waals surface area (Å²) in [5.41, 5.74) is 1.42. The van der Waals surface area contributed by atoms with Crippen LogP contribution in [0.2, 0.25) is 0 Å². The van der Waals surface area contributed by atoms with Gasteiger partial charge in [-0.25, -0.2) is 13.1 Å². The Morgan fingerprint density at radius 1 is 1.26 bits per heavy atom. The van der Waals surface area contributed by atoms with Gasteiger partial charge in [-0.3, -0.25) is 4.79 Å². The summed E-state index contributed by atoms with van der Waals surface area (Å²) >= 11 is 1.32. The minimum atomic E-state index is -3.88. The topological polar surface area (TPSA) is 108 Å². The monoisotopic (exact) mass is 461 g/mol. The number of anilines is 1. The van der Waals surface area contributed by atoms with Crippen molar-refractivity contribution in [3.05, 3.63) is 39.8 Å². The minimum absolute atomic E-state index is 0.0699.